The Hall–Kier alpha value is -1.41. The van der Waals surface area contributed by atoms with Crippen molar-refractivity contribution in [1.29, 1.82) is 0 Å². The fourth-order valence-corrected chi connectivity index (χ4v) is 2.08. The summed E-state index contributed by atoms with van der Waals surface area (Å²) in [6.45, 7) is 3.57. The second kappa shape index (κ2) is 3.99. The Balaban J connectivity index is 2.14. The van der Waals surface area contributed by atoms with Gasteiger partial charge >= 0.3 is 0 Å². The maximum Gasteiger partial charge on any atom is 0.271 e. The molecule has 0 aliphatic heterocycles. The second-order valence-corrected chi connectivity index (χ2v) is 4.70. The molecule has 0 bridgehead atoms. The maximum absolute atomic E-state index is 11.7. The van der Waals surface area contributed by atoms with Crippen LogP contribution in [0.5, 0.6) is 0 Å². The van der Waals surface area contributed by atoms with Gasteiger partial charge in [0.05, 0.1) is 5.69 Å². The lowest BCUT2D eigenvalue weighted by atomic mass is 10.4. The molecule has 1 amide bonds. The van der Waals surface area contributed by atoms with Gasteiger partial charge in [-0.3, -0.25) is 10.1 Å². The van der Waals surface area contributed by atoms with E-state index in [2.05, 4.69) is 25.1 Å². The van der Waals surface area contributed by atoms with Gasteiger partial charge in [0.15, 0.2) is 0 Å². The van der Waals surface area contributed by atoms with E-state index in [0.29, 0.717) is 15.7 Å². The molecule has 0 unspecified atom stereocenters. The summed E-state index contributed by atoms with van der Waals surface area (Å²) < 4.78 is 3.69. The van der Waals surface area contributed by atoms with Crippen molar-refractivity contribution in [3.05, 3.63) is 15.6 Å². The van der Waals surface area contributed by atoms with Crippen LogP contribution in [0.2, 0.25) is 0 Å². The molecule has 8 heteroatoms. The van der Waals surface area contributed by atoms with Crippen LogP contribution < -0.4 is 5.32 Å². The van der Waals surface area contributed by atoms with E-state index in [0.717, 1.165) is 16.5 Å². The fraction of sp³-hybridized carbons (Fsp3) is 0.286. The molecule has 6 nitrogen and oxygen atoms in total. The number of hydrogen-bond acceptors (Lipinski definition) is 7. The molecular weight excluding hydrogens is 234 g/mol. The normalized spacial score (nSPS) is 10.3. The van der Waals surface area contributed by atoms with Crippen LogP contribution in [0.1, 0.15) is 20.4 Å². The molecule has 0 aliphatic carbocycles. The highest BCUT2D eigenvalue weighted by atomic mass is 32.1. The standard InChI is InChI=1S/C7H7N5OS2/c1-3-5(15-12-9-3)6(13)8-7-11-10-4(2)14-7/h1-2H3,(H,8,11,13). The van der Waals surface area contributed by atoms with Gasteiger partial charge in [-0.25, -0.2) is 0 Å². The molecular formula is C7H7N5OS2. The van der Waals surface area contributed by atoms with E-state index < -0.39 is 0 Å². The van der Waals surface area contributed by atoms with Crippen LogP contribution in [-0.4, -0.2) is 25.7 Å². The lowest BCUT2D eigenvalue weighted by molar-refractivity contribution is 0.102. The second-order valence-electron chi connectivity index (χ2n) is 2.77. The molecule has 0 saturated carbocycles. The van der Waals surface area contributed by atoms with E-state index in [4.69, 9.17) is 0 Å². The summed E-state index contributed by atoms with van der Waals surface area (Å²) in [6, 6.07) is 0. The third-order valence-corrected chi connectivity index (χ3v) is 3.19. The lowest BCUT2D eigenvalue weighted by Crippen LogP contribution is -2.11. The van der Waals surface area contributed by atoms with Crippen LogP contribution in [0.15, 0.2) is 0 Å². The average molecular weight is 241 g/mol. The van der Waals surface area contributed by atoms with E-state index in [1.807, 2.05) is 6.92 Å². The minimum atomic E-state index is -0.237. The predicted molar refractivity (Wildman–Crippen MR) is 57.2 cm³/mol. The van der Waals surface area contributed by atoms with E-state index in [9.17, 15) is 4.79 Å². The molecule has 2 aromatic heterocycles. The summed E-state index contributed by atoms with van der Waals surface area (Å²) in [6.07, 6.45) is 0. The molecule has 2 heterocycles. The Morgan fingerprint density at radius 3 is 2.60 bits per heavy atom. The predicted octanol–water partition coefficient (Wildman–Crippen LogP) is 1.26. The number of aryl methyl sites for hydroxylation is 2. The van der Waals surface area contributed by atoms with Crippen molar-refractivity contribution in [2.75, 3.05) is 5.32 Å². The number of nitrogens with zero attached hydrogens (tertiary/aromatic N) is 4. The van der Waals surface area contributed by atoms with Gasteiger partial charge in [0.1, 0.15) is 9.88 Å². The minimum Gasteiger partial charge on any atom is -0.296 e. The molecule has 78 valence electrons. The first kappa shape index (κ1) is 10.1. The molecule has 0 aliphatic rings. The topological polar surface area (TPSA) is 80.7 Å². The van der Waals surface area contributed by atoms with E-state index in [1.54, 1.807) is 6.92 Å². The molecule has 2 aromatic rings. The first-order chi connectivity index (χ1) is 7.16. The van der Waals surface area contributed by atoms with Crippen molar-refractivity contribution >= 4 is 33.9 Å². The molecule has 15 heavy (non-hydrogen) atoms. The monoisotopic (exact) mass is 241 g/mol. The Morgan fingerprint density at radius 2 is 2.07 bits per heavy atom. The number of aromatic nitrogens is 4. The van der Waals surface area contributed by atoms with E-state index >= 15 is 0 Å². The van der Waals surface area contributed by atoms with Crippen LogP contribution in [-0.2, 0) is 0 Å². The molecule has 0 spiro atoms. The molecule has 0 saturated heterocycles. The Labute approximate surface area is 93.5 Å². The number of carbonyl (C=O) groups excluding carboxylic acids is 1. The zero-order valence-corrected chi connectivity index (χ0v) is 9.65. The summed E-state index contributed by atoms with van der Waals surface area (Å²) >= 11 is 2.40. The van der Waals surface area contributed by atoms with Crippen LogP contribution in [0, 0.1) is 13.8 Å². The maximum atomic E-state index is 11.7. The largest absolute Gasteiger partial charge is 0.296 e. The highest BCUT2D eigenvalue weighted by molar-refractivity contribution is 7.15. The van der Waals surface area contributed by atoms with Crippen LogP contribution in [0.25, 0.3) is 0 Å². The smallest absolute Gasteiger partial charge is 0.271 e. The number of carbonyl (C=O) groups is 1. The van der Waals surface area contributed by atoms with Crippen LogP contribution in [0.3, 0.4) is 0 Å². The highest BCUT2D eigenvalue weighted by Gasteiger charge is 2.14. The Morgan fingerprint density at radius 1 is 1.27 bits per heavy atom. The molecule has 0 aromatic carbocycles. The average Bonchev–Trinajstić information content (AvgIpc) is 2.75. The number of nitrogens with one attached hydrogen (secondary N) is 1. The summed E-state index contributed by atoms with van der Waals surface area (Å²) in [5, 5.41) is 15.3. The first-order valence-electron chi connectivity index (χ1n) is 4.07. The summed E-state index contributed by atoms with van der Waals surface area (Å²) in [5.74, 6) is -0.237. The summed E-state index contributed by atoms with van der Waals surface area (Å²) in [4.78, 5) is 12.2. The van der Waals surface area contributed by atoms with Gasteiger partial charge in [-0.05, 0) is 25.4 Å². The Bertz CT molecular complexity index is 491. The van der Waals surface area contributed by atoms with Gasteiger partial charge in [0.25, 0.3) is 5.91 Å². The lowest BCUT2D eigenvalue weighted by Gasteiger charge is -1.96. The SMILES string of the molecule is Cc1nnc(NC(=O)c2snnc2C)s1. The fourth-order valence-electron chi connectivity index (χ4n) is 0.941. The van der Waals surface area contributed by atoms with E-state index in [1.165, 1.54) is 11.3 Å². The summed E-state index contributed by atoms with van der Waals surface area (Å²) in [5.41, 5.74) is 0.624. The molecule has 0 fully saturated rings. The van der Waals surface area contributed by atoms with Crippen molar-refractivity contribution in [3.63, 3.8) is 0 Å². The van der Waals surface area contributed by atoms with Gasteiger partial charge in [-0.2, -0.15) is 0 Å². The first-order valence-corrected chi connectivity index (χ1v) is 5.66. The Kier molecular flexibility index (Phi) is 2.69. The van der Waals surface area contributed by atoms with Gasteiger partial charge in [-0.15, -0.1) is 15.3 Å². The van der Waals surface area contributed by atoms with Gasteiger partial charge in [0.2, 0.25) is 5.13 Å². The van der Waals surface area contributed by atoms with Crippen molar-refractivity contribution in [2.45, 2.75) is 13.8 Å². The van der Waals surface area contributed by atoms with Crippen molar-refractivity contribution in [3.8, 4) is 0 Å². The van der Waals surface area contributed by atoms with Crippen molar-refractivity contribution < 1.29 is 4.79 Å². The highest BCUT2D eigenvalue weighted by Crippen LogP contribution is 2.16. The van der Waals surface area contributed by atoms with E-state index in [-0.39, 0.29) is 5.91 Å². The molecule has 2 rings (SSSR count). The molecule has 0 radical (unpaired) electrons. The minimum absolute atomic E-state index is 0.237. The summed E-state index contributed by atoms with van der Waals surface area (Å²) in [7, 11) is 0. The number of amides is 1. The molecule has 1 N–H and O–H groups in total. The van der Waals surface area contributed by atoms with Gasteiger partial charge < -0.3 is 0 Å². The van der Waals surface area contributed by atoms with Crippen LogP contribution in [0.4, 0.5) is 5.13 Å². The quantitative estimate of drug-likeness (QED) is 0.856. The third-order valence-electron chi connectivity index (χ3n) is 1.60. The number of hydrogen-bond donors (Lipinski definition) is 1. The zero-order chi connectivity index (χ0) is 10.8. The number of anilines is 1. The molecule has 0 atom stereocenters. The zero-order valence-electron chi connectivity index (χ0n) is 8.01. The van der Waals surface area contributed by atoms with Crippen molar-refractivity contribution in [1.82, 2.24) is 19.8 Å². The third kappa shape index (κ3) is 2.16. The van der Waals surface area contributed by atoms with Gasteiger partial charge in [0, 0.05) is 0 Å². The van der Waals surface area contributed by atoms with Crippen LogP contribution >= 0.6 is 22.9 Å². The van der Waals surface area contributed by atoms with Gasteiger partial charge in [-0.1, -0.05) is 15.8 Å². The van der Waals surface area contributed by atoms with Crippen molar-refractivity contribution in [2.24, 2.45) is 0 Å². The number of rotatable bonds is 2.